The molecule has 1 heterocycles. The molecule has 0 saturated heterocycles. The Balaban J connectivity index is 2.73. The second kappa shape index (κ2) is 4.36. The van der Waals surface area contributed by atoms with Crippen LogP contribution in [-0.4, -0.2) is 9.78 Å². The summed E-state index contributed by atoms with van der Waals surface area (Å²) in [5.74, 6) is 0.544. The topological polar surface area (TPSA) is 17.8 Å². The molecule has 0 N–H and O–H groups in total. The van der Waals surface area contributed by atoms with Crippen molar-refractivity contribution in [3.05, 3.63) is 36.0 Å². The summed E-state index contributed by atoms with van der Waals surface area (Å²) >= 11 is 0. The zero-order chi connectivity index (χ0) is 12.6. The van der Waals surface area contributed by atoms with Crippen LogP contribution in [0.25, 0.3) is 17.0 Å². The van der Waals surface area contributed by atoms with E-state index in [2.05, 4.69) is 62.3 Å². The van der Waals surface area contributed by atoms with Gasteiger partial charge in [-0.05, 0) is 37.5 Å². The van der Waals surface area contributed by atoms with Crippen LogP contribution in [0, 0.1) is 0 Å². The summed E-state index contributed by atoms with van der Waals surface area (Å²) < 4.78 is 2.08. The van der Waals surface area contributed by atoms with Gasteiger partial charge in [-0.3, -0.25) is 4.68 Å². The van der Waals surface area contributed by atoms with E-state index in [9.17, 15) is 0 Å². The van der Waals surface area contributed by atoms with Crippen molar-refractivity contribution in [2.24, 2.45) is 0 Å². The number of benzene rings is 1. The molecule has 0 aliphatic rings. The summed E-state index contributed by atoms with van der Waals surface area (Å²) in [4.78, 5) is 0. The van der Waals surface area contributed by atoms with Crippen molar-refractivity contribution >= 4 is 17.0 Å². The van der Waals surface area contributed by atoms with Crippen molar-refractivity contribution in [2.45, 2.75) is 39.7 Å². The van der Waals surface area contributed by atoms with E-state index in [-0.39, 0.29) is 0 Å². The lowest BCUT2D eigenvalue weighted by atomic mass is 10.0. The summed E-state index contributed by atoms with van der Waals surface area (Å²) in [7, 11) is 0. The van der Waals surface area contributed by atoms with Crippen LogP contribution in [0.3, 0.4) is 0 Å². The molecular formula is C15H20N2. The molecule has 1 aromatic carbocycles. The predicted octanol–water partition coefficient (Wildman–Crippen LogP) is 4.38. The van der Waals surface area contributed by atoms with Gasteiger partial charge in [-0.15, -0.1) is 0 Å². The minimum absolute atomic E-state index is 0.369. The summed E-state index contributed by atoms with van der Waals surface area (Å²) in [6, 6.07) is 6.97. The van der Waals surface area contributed by atoms with Gasteiger partial charge in [0.25, 0.3) is 0 Å². The Labute approximate surface area is 103 Å². The minimum Gasteiger partial charge on any atom is -0.262 e. The number of rotatable bonds is 3. The summed E-state index contributed by atoms with van der Waals surface area (Å²) in [6.45, 7) is 12.6. The molecule has 17 heavy (non-hydrogen) atoms. The fraction of sp³-hybridized carbons (Fsp3) is 0.400. The van der Waals surface area contributed by atoms with Crippen LogP contribution in [0.2, 0.25) is 0 Å². The highest BCUT2D eigenvalue weighted by Gasteiger charge is 2.11. The Morgan fingerprint density at radius 3 is 2.47 bits per heavy atom. The molecule has 0 aliphatic heterocycles. The molecule has 0 spiro atoms. The van der Waals surface area contributed by atoms with Crippen LogP contribution < -0.4 is 0 Å². The van der Waals surface area contributed by atoms with Crippen molar-refractivity contribution < 1.29 is 0 Å². The van der Waals surface area contributed by atoms with Gasteiger partial charge in [0.1, 0.15) is 0 Å². The molecular weight excluding hydrogens is 208 g/mol. The maximum Gasteiger partial charge on any atom is 0.0923 e. The average Bonchev–Trinajstić information content (AvgIpc) is 2.66. The van der Waals surface area contributed by atoms with Crippen molar-refractivity contribution in [1.29, 1.82) is 0 Å². The molecule has 2 heteroatoms. The highest BCUT2D eigenvalue weighted by Crippen LogP contribution is 2.26. The van der Waals surface area contributed by atoms with Crippen molar-refractivity contribution in [3.63, 3.8) is 0 Å². The Morgan fingerprint density at radius 2 is 1.94 bits per heavy atom. The lowest BCUT2D eigenvalue weighted by Gasteiger charge is -2.09. The van der Waals surface area contributed by atoms with E-state index >= 15 is 0 Å². The molecule has 1 aromatic heterocycles. The number of aromatic nitrogens is 2. The van der Waals surface area contributed by atoms with Crippen LogP contribution in [0.4, 0.5) is 0 Å². The Bertz CT molecular complexity index is 547. The van der Waals surface area contributed by atoms with Crippen molar-refractivity contribution in [3.8, 4) is 0 Å². The minimum atomic E-state index is 0.369. The maximum absolute atomic E-state index is 4.61. The number of hydrogen-bond donors (Lipinski definition) is 0. The first kappa shape index (κ1) is 11.9. The highest BCUT2D eigenvalue weighted by atomic mass is 15.3. The van der Waals surface area contributed by atoms with E-state index < -0.39 is 0 Å². The fourth-order valence-corrected chi connectivity index (χ4v) is 2.08. The van der Waals surface area contributed by atoms with Crippen LogP contribution in [0.15, 0.2) is 24.8 Å². The Morgan fingerprint density at radius 1 is 1.24 bits per heavy atom. The smallest absolute Gasteiger partial charge is 0.0923 e. The van der Waals surface area contributed by atoms with E-state index in [4.69, 9.17) is 0 Å². The zero-order valence-corrected chi connectivity index (χ0v) is 11.1. The quantitative estimate of drug-likeness (QED) is 0.762. The van der Waals surface area contributed by atoms with Crippen LogP contribution in [0.5, 0.6) is 0 Å². The van der Waals surface area contributed by atoms with E-state index in [0.717, 1.165) is 5.69 Å². The first-order chi connectivity index (χ1) is 8.04. The van der Waals surface area contributed by atoms with Crippen molar-refractivity contribution in [2.75, 3.05) is 0 Å². The molecule has 0 amide bonds. The molecule has 2 rings (SSSR count). The maximum atomic E-state index is 4.61. The third-order valence-corrected chi connectivity index (χ3v) is 3.11. The molecule has 0 atom stereocenters. The van der Waals surface area contributed by atoms with Gasteiger partial charge < -0.3 is 0 Å². The van der Waals surface area contributed by atoms with Gasteiger partial charge in [0.05, 0.1) is 11.2 Å². The predicted molar refractivity (Wildman–Crippen MR) is 74.3 cm³/mol. The second-order valence-corrected chi connectivity index (χ2v) is 5.06. The van der Waals surface area contributed by atoms with E-state index in [0.29, 0.717) is 12.0 Å². The van der Waals surface area contributed by atoms with Gasteiger partial charge >= 0.3 is 0 Å². The number of fused-ring (bicyclic) bond motifs is 1. The van der Waals surface area contributed by atoms with Gasteiger partial charge in [-0.25, -0.2) is 0 Å². The molecule has 2 nitrogen and oxygen atoms in total. The van der Waals surface area contributed by atoms with Gasteiger partial charge in [-0.1, -0.05) is 32.6 Å². The molecule has 90 valence electrons. The molecule has 2 aromatic rings. The monoisotopic (exact) mass is 228 g/mol. The van der Waals surface area contributed by atoms with Gasteiger partial charge in [0.2, 0.25) is 0 Å². The van der Waals surface area contributed by atoms with Crippen molar-refractivity contribution in [1.82, 2.24) is 9.78 Å². The second-order valence-electron chi connectivity index (χ2n) is 5.06. The lowest BCUT2D eigenvalue weighted by molar-refractivity contribution is 0.549. The van der Waals surface area contributed by atoms with Gasteiger partial charge in [-0.2, -0.15) is 5.10 Å². The number of hydrogen-bond acceptors (Lipinski definition) is 1. The largest absolute Gasteiger partial charge is 0.262 e. The van der Waals surface area contributed by atoms with E-state index in [1.54, 1.807) is 0 Å². The molecule has 0 radical (unpaired) electrons. The fourth-order valence-electron chi connectivity index (χ4n) is 2.08. The van der Waals surface area contributed by atoms with E-state index in [1.165, 1.54) is 16.5 Å². The Kier molecular flexibility index (Phi) is 3.05. The normalized spacial score (nSPS) is 11.6. The van der Waals surface area contributed by atoms with Gasteiger partial charge in [0, 0.05) is 11.4 Å². The lowest BCUT2D eigenvalue weighted by Crippen LogP contribution is -2.02. The van der Waals surface area contributed by atoms with Gasteiger partial charge in [0.15, 0.2) is 0 Å². The molecule has 0 bridgehead atoms. The molecule has 0 saturated carbocycles. The summed E-state index contributed by atoms with van der Waals surface area (Å²) in [6.07, 6.45) is 1.83. The van der Waals surface area contributed by atoms with Crippen LogP contribution >= 0.6 is 0 Å². The SMILES string of the molecule is C=Cc1nn(C(C)C)c2cc(C(C)C)ccc12. The molecule has 0 unspecified atom stereocenters. The third-order valence-electron chi connectivity index (χ3n) is 3.11. The van der Waals surface area contributed by atoms with Crippen LogP contribution in [-0.2, 0) is 0 Å². The number of nitrogens with zero attached hydrogens (tertiary/aromatic N) is 2. The molecule has 0 aliphatic carbocycles. The standard InChI is InChI=1S/C15H20N2/c1-6-14-13-8-7-12(10(2)3)9-15(13)17(16-14)11(4)5/h6-11H,1H2,2-5H3. The molecule has 0 fully saturated rings. The zero-order valence-electron chi connectivity index (χ0n) is 11.1. The first-order valence-corrected chi connectivity index (χ1v) is 6.19. The average molecular weight is 228 g/mol. The van der Waals surface area contributed by atoms with Crippen LogP contribution in [0.1, 0.15) is 50.9 Å². The first-order valence-electron chi connectivity index (χ1n) is 6.19. The van der Waals surface area contributed by atoms with E-state index in [1.807, 2.05) is 6.08 Å². The highest BCUT2D eigenvalue weighted by molar-refractivity contribution is 5.87. The summed E-state index contributed by atoms with van der Waals surface area (Å²) in [5.41, 5.74) is 3.54. The summed E-state index contributed by atoms with van der Waals surface area (Å²) in [5, 5.41) is 5.80. The Hall–Kier alpha value is -1.57. The third kappa shape index (κ3) is 1.99.